The fourth-order valence-corrected chi connectivity index (χ4v) is 4.88. The van der Waals surface area contributed by atoms with Gasteiger partial charge in [-0.25, -0.2) is 0 Å². The van der Waals surface area contributed by atoms with E-state index in [-0.39, 0.29) is 24.0 Å². The first-order valence-corrected chi connectivity index (χ1v) is 10.6. The topological polar surface area (TPSA) is 39.7 Å². The average Bonchev–Trinajstić information content (AvgIpc) is 3.21. The van der Waals surface area contributed by atoms with Crippen molar-refractivity contribution in [3.05, 3.63) is 34.9 Å². The zero-order valence-electron chi connectivity index (χ0n) is 16.2. The number of hydrogen-bond donors (Lipinski definition) is 2. The second-order valence-corrected chi connectivity index (χ2v) is 8.55. The van der Waals surface area contributed by atoms with Gasteiger partial charge in [0.05, 0.1) is 0 Å². The number of guanidine groups is 1. The van der Waals surface area contributed by atoms with Crippen molar-refractivity contribution in [2.75, 3.05) is 20.1 Å². The Morgan fingerprint density at radius 3 is 2.52 bits per heavy atom. The van der Waals surface area contributed by atoms with Gasteiger partial charge in [-0.3, -0.25) is 4.99 Å². The van der Waals surface area contributed by atoms with Crippen LogP contribution in [-0.2, 0) is 0 Å². The summed E-state index contributed by atoms with van der Waals surface area (Å²) in [5.41, 5.74) is 1.33. The number of piperidine rings is 1. The first-order valence-electron chi connectivity index (χ1n) is 10.2. The minimum Gasteiger partial charge on any atom is -0.354 e. The molecule has 0 amide bonds. The Bertz CT molecular complexity index is 639. The van der Waals surface area contributed by atoms with Crippen LogP contribution in [0.2, 0.25) is 5.02 Å². The minimum absolute atomic E-state index is 0. The van der Waals surface area contributed by atoms with Crippen LogP contribution in [0.15, 0.2) is 29.3 Å². The largest absolute Gasteiger partial charge is 0.354 e. The van der Waals surface area contributed by atoms with E-state index < -0.39 is 0 Å². The van der Waals surface area contributed by atoms with Gasteiger partial charge in [-0.2, -0.15) is 0 Å². The van der Waals surface area contributed by atoms with Gasteiger partial charge in [-0.1, -0.05) is 36.6 Å². The lowest BCUT2D eigenvalue weighted by Gasteiger charge is -2.36. The molecular formula is C21H32ClIN4. The van der Waals surface area contributed by atoms with Gasteiger partial charge in [0.25, 0.3) is 0 Å². The molecule has 2 aliphatic carbocycles. The summed E-state index contributed by atoms with van der Waals surface area (Å²) in [6, 6.07) is 10.1. The number of rotatable bonds is 4. The fraction of sp³-hybridized carbons (Fsp3) is 0.667. The van der Waals surface area contributed by atoms with Crippen molar-refractivity contribution in [1.82, 2.24) is 15.5 Å². The molecule has 27 heavy (non-hydrogen) atoms. The van der Waals surface area contributed by atoms with Crippen molar-refractivity contribution < 1.29 is 0 Å². The maximum absolute atomic E-state index is 6.12. The second kappa shape index (κ2) is 9.79. The van der Waals surface area contributed by atoms with E-state index >= 15 is 0 Å². The molecule has 2 unspecified atom stereocenters. The Labute approximate surface area is 185 Å². The molecular weight excluding hydrogens is 471 g/mol. The number of likely N-dealkylation sites (tertiary alicyclic amines) is 1. The number of nitrogens with one attached hydrogen (secondary N) is 2. The molecule has 1 saturated heterocycles. The molecule has 4 nitrogen and oxygen atoms in total. The highest BCUT2D eigenvalue weighted by Crippen LogP contribution is 2.41. The molecule has 0 aromatic heterocycles. The molecule has 2 atom stereocenters. The fourth-order valence-electron chi connectivity index (χ4n) is 4.68. The Morgan fingerprint density at radius 2 is 1.85 bits per heavy atom. The summed E-state index contributed by atoms with van der Waals surface area (Å²) in [7, 11) is 1.87. The first-order chi connectivity index (χ1) is 12.7. The third kappa shape index (κ3) is 5.51. The van der Waals surface area contributed by atoms with Crippen LogP contribution in [0.3, 0.4) is 0 Å². The average molecular weight is 503 g/mol. The van der Waals surface area contributed by atoms with E-state index in [1.165, 1.54) is 57.2 Å². The van der Waals surface area contributed by atoms with E-state index in [2.05, 4.69) is 32.7 Å². The van der Waals surface area contributed by atoms with Crippen molar-refractivity contribution >= 4 is 41.5 Å². The Balaban J connectivity index is 0.00000210. The molecule has 2 N–H and O–H groups in total. The van der Waals surface area contributed by atoms with Gasteiger partial charge in [-0.05, 0) is 49.8 Å². The molecule has 1 aromatic rings. The third-order valence-corrected chi connectivity index (χ3v) is 6.56. The number of hydrogen-bond acceptors (Lipinski definition) is 2. The van der Waals surface area contributed by atoms with Gasteiger partial charge in [0.1, 0.15) is 0 Å². The van der Waals surface area contributed by atoms with Gasteiger partial charge in [0.15, 0.2) is 5.96 Å². The summed E-state index contributed by atoms with van der Waals surface area (Å²) in [4.78, 5) is 7.18. The standard InChI is InChI=1S/C21H31ClN4.HI/c1-23-21(25-20-14-19(20)15-5-4-6-16(22)13-15)24-17-9-11-26(12-10-17)18-7-2-3-8-18;/h4-6,13,17-20H,2-3,7-12,14H2,1H3,(H2,23,24,25);1H. The molecule has 4 rings (SSSR count). The van der Waals surface area contributed by atoms with Crippen molar-refractivity contribution in [2.45, 2.75) is 69.0 Å². The van der Waals surface area contributed by atoms with E-state index in [0.717, 1.165) is 23.4 Å². The molecule has 0 bridgehead atoms. The molecule has 3 fully saturated rings. The predicted molar refractivity (Wildman–Crippen MR) is 124 cm³/mol. The zero-order valence-corrected chi connectivity index (χ0v) is 19.2. The molecule has 2 saturated carbocycles. The van der Waals surface area contributed by atoms with Crippen LogP contribution in [-0.4, -0.2) is 49.1 Å². The van der Waals surface area contributed by atoms with Crippen molar-refractivity contribution in [3.63, 3.8) is 0 Å². The van der Waals surface area contributed by atoms with E-state index in [1.54, 1.807) is 0 Å². The number of benzene rings is 1. The van der Waals surface area contributed by atoms with Crippen molar-refractivity contribution in [3.8, 4) is 0 Å². The summed E-state index contributed by atoms with van der Waals surface area (Å²) in [6.07, 6.45) is 9.27. The monoisotopic (exact) mass is 502 g/mol. The highest BCUT2D eigenvalue weighted by Gasteiger charge is 2.39. The Morgan fingerprint density at radius 1 is 1.11 bits per heavy atom. The molecule has 150 valence electrons. The summed E-state index contributed by atoms with van der Waals surface area (Å²) in [5.74, 6) is 1.51. The summed E-state index contributed by atoms with van der Waals surface area (Å²) in [5, 5.41) is 8.09. The van der Waals surface area contributed by atoms with Crippen LogP contribution in [0.1, 0.15) is 56.4 Å². The molecule has 1 heterocycles. The van der Waals surface area contributed by atoms with E-state index in [4.69, 9.17) is 11.6 Å². The normalized spacial score (nSPS) is 27.3. The predicted octanol–water partition coefficient (Wildman–Crippen LogP) is 4.39. The molecule has 0 spiro atoms. The van der Waals surface area contributed by atoms with E-state index in [1.807, 2.05) is 19.2 Å². The summed E-state index contributed by atoms with van der Waals surface area (Å²) in [6.45, 7) is 2.46. The molecule has 1 aliphatic heterocycles. The number of aliphatic imine (C=N–C) groups is 1. The lowest BCUT2D eigenvalue weighted by molar-refractivity contribution is 0.150. The van der Waals surface area contributed by atoms with Crippen LogP contribution in [0.25, 0.3) is 0 Å². The van der Waals surface area contributed by atoms with Crippen molar-refractivity contribution in [2.24, 2.45) is 4.99 Å². The number of halogens is 2. The SMILES string of the molecule is CN=C(NC1CCN(C2CCCC2)CC1)NC1CC1c1cccc(Cl)c1.I. The van der Waals surface area contributed by atoms with Crippen molar-refractivity contribution in [1.29, 1.82) is 0 Å². The summed E-state index contributed by atoms with van der Waals surface area (Å²) >= 11 is 6.12. The highest BCUT2D eigenvalue weighted by molar-refractivity contribution is 14.0. The van der Waals surface area contributed by atoms with E-state index in [0.29, 0.717) is 18.0 Å². The summed E-state index contributed by atoms with van der Waals surface area (Å²) < 4.78 is 0. The van der Waals surface area contributed by atoms with Gasteiger partial charge in [-0.15, -0.1) is 24.0 Å². The maximum Gasteiger partial charge on any atom is 0.191 e. The Hall–Kier alpha value is -0.530. The maximum atomic E-state index is 6.12. The van der Waals surface area contributed by atoms with E-state index in [9.17, 15) is 0 Å². The lowest BCUT2D eigenvalue weighted by Crippen LogP contribution is -2.50. The smallest absolute Gasteiger partial charge is 0.191 e. The van der Waals surface area contributed by atoms with Crippen LogP contribution in [0.5, 0.6) is 0 Å². The van der Waals surface area contributed by atoms with Crippen LogP contribution < -0.4 is 10.6 Å². The van der Waals surface area contributed by atoms with Gasteiger partial charge in [0.2, 0.25) is 0 Å². The number of nitrogens with zero attached hydrogens (tertiary/aromatic N) is 2. The molecule has 6 heteroatoms. The Kier molecular flexibility index (Phi) is 7.68. The van der Waals surface area contributed by atoms with Crippen LogP contribution in [0, 0.1) is 0 Å². The molecule has 0 radical (unpaired) electrons. The highest BCUT2D eigenvalue weighted by atomic mass is 127. The van der Waals surface area contributed by atoms with Crippen LogP contribution >= 0.6 is 35.6 Å². The first kappa shape index (κ1) is 21.2. The third-order valence-electron chi connectivity index (χ3n) is 6.32. The second-order valence-electron chi connectivity index (χ2n) is 8.11. The quantitative estimate of drug-likeness (QED) is 0.364. The van der Waals surface area contributed by atoms with Gasteiger partial charge >= 0.3 is 0 Å². The van der Waals surface area contributed by atoms with Gasteiger partial charge < -0.3 is 15.5 Å². The zero-order chi connectivity index (χ0) is 17.9. The molecule has 3 aliphatic rings. The van der Waals surface area contributed by atoms with Crippen LogP contribution in [0.4, 0.5) is 0 Å². The van der Waals surface area contributed by atoms with Gasteiger partial charge in [0, 0.05) is 49.2 Å². The molecule has 1 aromatic carbocycles. The lowest BCUT2D eigenvalue weighted by atomic mass is 10.0. The minimum atomic E-state index is 0.